The molecule has 0 saturated carbocycles. The predicted molar refractivity (Wildman–Crippen MR) is 124 cm³/mol. The number of ether oxygens (including phenoxy) is 1. The summed E-state index contributed by atoms with van der Waals surface area (Å²) in [7, 11) is -2.52. The third-order valence-electron chi connectivity index (χ3n) is 5.48. The van der Waals surface area contributed by atoms with Crippen molar-refractivity contribution in [3.63, 3.8) is 0 Å². The zero-order chi connectivity index (χ0) is 23.0. The summed E-state index contributed by atoms with van der Waals surface area (Å²) in [5, 5.41) is 10.1. The Kier molecular flexibility index (Phi) is 5.83. The molecule has 32 heavy (non-hydrogen) atoms. The van der Waals surface area contributed by atoms with E-state index in [1.165, 1.54) is 7.05 Å². The van der Waals surface area contributed by atoms with Gasteiger partial charge in [0.25, 0.3) is 0 Å². The lowest BCUT2D eigenvalue weighted by atomic mass is 10.2. The minimum Gasteiger partial charge on any atom is -0.489 e. The Bertz CT molecular complexity index is 1270. The van der Waals surface area contributed by atoms with Crippen LogP contribution in [0.4, 0.5) is 11.4 Å². The third-order valence-corrected chi connectivity index (χ3v) is 7.31. The number of likely N-dealkylation sites (N-methyl/N-ethyl adjacent to an activating group) is 1. The number of H-pyrrole nitrogens is 1. The first-order valence-corrected chi connectivity index (χ1v) is 11.8. The summed E-state index contributed by atoms with van der Waals surface area (Å²) in [6.07, 6.45) is 1.58. The number of aromatic nitrogens is 2. The van der Waals surface area contributed by atoms with Crippen LogP contribution in [-0.2, 0) is 14.8 Å². The van der Waals surface area contributed by atoms with Gasteiger partial charge in [-0.15, -0.1) is 0 Å². The predicted octanol–water partition coefficient (Wildman–Crippen LogP) is 2.74. The molecule has 0 spiro atoms. The average Bonchev–Trinajstić information content (AvgIpc) is 3.20. The second kappa shape index (κ2) is 8.44. The maximum Gasteiger partial charge on any atom is 0.245 e. The number of aryl methyl sites for hydroxylation is 1. The van der Waals surface area contributed by atoms with Gasteiger partial charge >= 0.3 is 0 Å². The number of rotatable bonds is 6. The Morgan fingerprint density at radius 2 is 2.09 bits per heavy atom. The molecule has 2 heterocycles. The first-order valence-electron chi connectivity index (χ1n) is 10.4. The van der Waals surface area contributed by atoms with E-state index in [1.54, 1.807) is 24.4 Å². The zero-order valence-electron chi connectivity index (χ0n) is 18.5. The fourth-order valence-electron chi connectivity index (χ4n) is 3.88. The van der Waals surface area contributed by atoms with E-state index in [9.17, 15) is 13.2 Å². The van der Waals surface area contributed by atoms with Crippen LogP contribution in [0.2, 0.25) is 0 Å². The molecule has 0 unspecified atom stereocenters. The van der Waals surface area contributed by atoms with Gasteiger partial charge in [-0.2, -0.15) is 9.40 Å². The summed E-state index contributed by atoms with van der Waals surface area (Å²) < 4.78 is 33.1. The molecule has 0 bridgehead atoms. The smallest absolute Gasteiger partial charge is 0.245 e. The van der Waals surface area contributed by atoms with E-state index in [4.69, 9.17) is 4.74 Å². The van der Waals surface area contributed by atoms with Crippen molar-refractivity contribution in [1.29, 1.82) is 0 Å². The van der Waals surface area contributed by atoms with Crippen LogP contribution in [0.5, 0.6) is 5.75 Å². The van der Waals surface area contributed by atoms with E-state index in [0.29, 0.717) is 35.0 Å². The van der Waals surface area contributed by atoms with Gasteiger partial charge in [0.05, 0.1) is 30.5 Å². The number of hydrogen-bond donors (Lipinski definition) is 2. The molecular weight excluding hydrogens is 430 g/mol. The number of benzene rings is 2. The standard InChI is InChI=1S/C22H27N5O4S/c1-14(2)27-7-8-31-19-11-17(5-6-18(19)27)24-21(28)13-26(4)32(29,30)20-10-15(3)9-16-12-23-25-22(16)20/h5-6,9-12,14H,7-8,13H2,1-4H3,(H,23,25)(H,24,28). The Balaban J connectivity index is 1.50. The van der Waals surface area contributed by atoms with Gasteiger partial charge in [-0.3, -0.25) is 9.89 Å². The van der Waals surface area contributed by atoms with Crippen LogP contribution in [0.15, 0.2) is 41.4 Å². The van der Waals surface area contributed by atoms with Crippen molar-refractivity contribution >= 4 is 38.2 Å². The highest BCUT2D eigenvalue weighted by molar-refractivity contribution is 7.89. The lowest BCUT2D eigenvalue weighted by Gasteiger charge is -2.34. The van der Waals surface area contributed by atoms with Gasteiger partial charge in [-0.05, 0) is 50.6 Å². The Morgan fingerprint density at radius 1 is 1.31 bits per heavy atom. The Hall–Kier alpha value is -3.11. The SMILES string of the molecule is Cc1cc(S(=O)(=O)N(C)CC(=O)Nc2ccc3c(c2)OCCN3C(C)C)c2[nH]ncc2c1. The molecular formula is C22H27N5O4S. The number of aromatic amines is 1. The maximum atomic E-state index is 13.1. The lowest BCUT2D eigenvalue weighted by Crippen LogP contribution is -2.38. The van der Waals surface area contributed by atoms with Gasteiger partial charge in [0.15, 0.2) is 0 Å². The van der Waals surface area contributed by atoms with Crippen LogP contribution in [0.3, 0.4) is 0 Å². The number of nitrogens with zero attached hydrogens (tertiary/aromatic N) is 3. The minimum absolute atomic E-state index is 0.0938. The summed E-state index contributed by atoms with van der Waals surface area (Å²) in [5.74, 6) is 0.256. The molecule has 3 aromatic rings. The molecule has 1 aliphatic rings. The number of sulfonamides is 1. The van der Waals surface area contributed by atoms with Crippen molar-refractivity contribution in [2.45, 2.75) is 31.7 Å². The summed E-state index contributed by atoms with van der Waals surface area (Å²) in [4.78, 5) is 15.0. The van der Waals surface area contributed by atoms with E-state index >= 15 is 0 Å². The fourth-order valence-corrected chi connectivity index (χ4v) is 5.26. The van der Waals surface area contributed by atoms with Crippen LogP contribution in [0.1, 0.15) is 19.4 Å². The molecule has 1 aliphatic heterocycles. The summed E-state index contributed by atoms with van der Waals surface area (Å²) in [5.41, 5.74) is 2.74. The summed E-state index contributed by atoms with van der Waals surface area (Å²) in [6, 6.07) is 9.23. The number of carbonyl (C=O) groups excluding carboxylic acids is 1. The number of nitrogens with one attached hydrogen (secondary N) is 2. The van der Waals surface area contributed by atoms with Crippen LogP contribution in [0, 0.1) is 6.92 Å². The second-order valence-electron chi connectivity index (χ2n) is 8.22. The van der Waals surface area contributed by atoms with Gasteiger partial charge in [0, 0.05) is 30.2 Å². The number of fused-ring (bicyclic) bond motifs is 2. The van der Waals surface area contributed by atoms with Gasteiger partial charge in [0.2, 0.25) is 15.9 Å². The molecule has 0 aliphatic carbocycles. The van der Waals surface area contributed by atoms with E-state index in [2.05, 4.69) is 34.3 Å². The van der Waals surface area contributed by atoms with Crippen molar-refractivity contribution < 1.29 is 17.9 Å². The molecule has 170 valence electrons. The van der Waals surface area contributed by atoms with Gasteiger partial charge < -0.3 is 15.0 Å². The number of carbonyl (C=O) groups is 1. The highest BCUT2D eigenvalue weighted by atomic mass is 32.2. The normalized spacial score (nSPS) is 14.0. The van der Waals surface area contributed by atoms with Gasteiger partial charge in [-0.1, -0.05) is 0 Å². The lowest BCUT2D eigenvalue weighted by molar-refractivity contribution is -0.116. The number of hydrogen-bond acceptors (Lipinski definition) is 6. The van der Waals surface area contributed by atoms with Gasteiger partial charge in [-0.25, -0.2) is 8.42 Å². The van der Waals surface area contributed by atoms with E-state index in [0.717, 1.165) is 22.1 Å². The molecule has 0 atom stereocenters. The quantitative estimate of drug-likeness (QED) is 0.589. The van der Waals surface area contributed by atoms with Crippen molar-refractivity contribution in [1.82, 2.24) is 14.5 Å². The molecule has 10 heteroatoms. The Morgan fingerprint density at radius 3 is 2.84 bits per heavy atom. The topological polar surface area (TPSA) is 108 Å². The molecule has 0 saturated heterocycles. The largest absolute Gasteiger partial charge is 0.489 e. The molecule has 2 N–H and O–H groups in total. The van der Waals surface area contributed by atoms with Crippen LogP contribution < -0.4 is 15.0 Å². The van der Waals surface area contributed by atoms with Crippen LogP contribution in [0.25, 0.3) is 10.9 Å². The zero-order valence-corrected chi connectivity index (χ0v) is 19.4. The van der Waals surface area contributed by atoms with Crippen molar-refractivity contribution in [3.05, 3.63) is 42.1 Å². The summed E-state index contributed by atoms with van der Waals surface area (Å²) >= 11 is 0. The molecule has 1 amide bonds. The fraction of sp³-hybridized carbons (Fsp3) is 0.364. The highest BCUT2D eigenvalue weighted by Crippen LogP contribution is 2.35. The molecule has 2 aromatic carbocycles. The van der Waals surface area contributed by atoms with E-state index in [1.807, 2.05) is 19.1 Å². The minimum atomic E-state index is -3.91. The monoisotopic (exact) mass is 457 g/mol. The van der Waals surface area contributed by atoms with Crippen molar-refractivity contribution in [2.24, 2.45) is 0 Å². The highest BCUT2D eigenvalue weighted by Gasteiger charge is 2.27. The van der Waals surface area contributed by atoms with E-state index < -0.39 is 15.9 Å². The first-order chi connectivity index (χ1) is 15.2. The second-order valence-corrected chi connectivity index (χ2v) is 10.2. The molecule has 9 nitrogen and oxygen atoms in total. The number of amides is 1. The molecule has 0 fully saturated rings. The molecule has 4 rings (SSSR count). The van der Waals surface area contributed by atoms with Crippen LogP contribution in [-0.4, -0.2) is 61.6 Å². The maximum absolute atomic E-state index is 13.1. The molecule has 1 aromatic heterocycles. The van der Waals surface area contributed by atoms with Crippen LogP contribution >= 0.6 is 0 Å². The Labute approximate surface area is 187 Å². The van der Waals surface area contributed by atoms with Crippen molar-refractivity contribution in [2.75, 3.05) is 37.0 Å². The summed E-state index contributed by atoms with van der Waals surface area (Å²) in [6.45, 7) is 7.10. The van der Waals surface area contributed by atoms with E-state index in [-0.39, 0.29) is 11.4 Å². The van der Waals surface area contributed by atoms with Crippen molar-refractivity contribution in [3.8, 4) is 5.75 Å². The number of anilines is 2. The molecule has 0 radical (unpaired) electrons. The third kappa shape index (κ3) is 4.15. The average molecular weight is 458 g/mol. The van der Waals surface area contributed by atoms with Gasteiger partial charge in [0.1, 0.15) is 17.3 Å². The first kappa shape index (κ1) is 22.1.